The Kier molecular flexibility index (Phi) is 3.77. The molecule has 1 saturated carbocycles. The SMILES string of the molecule is Fc1cccc(F)c1CN(CCCl)C1CC1. The van der Waals surface area contributed by atoms with Gasteiger partial charge in [-0.25, -0.2) is 8.78 Å². The van der Waals surface area contributed by atoms with Crippen molar-refractivity contribution < 1.29 is 8.78 Å². The standard InChI is InChI=1S/C12H14ClF2N/c13-6-7-16(9-4-5-9)8-10-11(14)2-1-3-12(10)15/h1-3,9H,4-8H2. The molecule has 0 atom stereocenters. The number of hydrogen-bond acceptors (Lipinski definition) is 1. The molecule has 0 N–H and O–H groups in total. The van der Waals surface area contributed by atoms with E-state index in [0.717, 1.165) is 12.8 Å². The van der Waals surface area contributed by atoms with Crippen LogP contribution in [0.25, 0.3) is 0 Å². The molecule has 0 radical (unpaired) electrons. The van der Waals surface area contributed by atoms with Crippen molar-refractivity contribution in [2.45, 2.75) is 25.4 Å². The summed E-state index contributed by atoms with van der Waals surface area (Å²) in [6.07, 6.45) is 2.21. The number of nitrogens with zero attached hydrogens (tertiary/aromatic N) is 1. The highest BCUT2D eigenvalue weighted by molar-refractivity contribution is 6.18. The third-order valence-corrected chi connectivity index (χ3v) is 3.03. The Morgan fingerprint density at radius 3 is 2.38 bits per heavy atom. The summed E-state index contributed by atoms with van der Waals surface area (Å²) in [6, 6.07) is 4.43. The second-order valence-corrected chi connectivity index (χ2v) is 4.47. The largest absolute Gasteiger partial charge is 0.295 e. The minimum Gasteiger partial charge on any atom is -0.295 e. The molecule has 1 aliphatic rings. The van der Waals surface area contributed by atoms with Crippen molar-refractivity contribution in [1.29, 1.82) is 0 Å². The van der Waals surface area contributed by atoms with Gasteiger partial charge in [0.15, 0.2) is 0 Å². The van der Waals surface area contributed by atoms with E-state index in [2.05, 4.69) is 4.90 Å². The maximum atomic E-state index is 13.4. The van der Waals surface area contributed by atoms with Crippen molar-refractivity contribution in [2.24, 2.45) is 0 Å². The molecule has 0 heterocycles. The maximum Gasteiger partial charge on any atom is 0.130 e. The molecule has 0 aliphatic heterocycles. The summed E-state index contributed by atoms with van der Waals surface area (Å²) in [5, 5.41) is 0. The molecule has 2 rings (SSSR count). The quantitative estimate of drug-likeness (QED) is 0.721. The van der Waals surface area contributed by atoms with E-state index in [-0.39, 0.29) is 5.56 Å². The maximum absolute atomic E-state index is 13.4. The number of rotatable bonds is 5. The lowest BCUT2D eigenvalue weighted by atomic mass is 10.2. The zero-order valence-electron chi connectivity index (χ0n) is 8.93. The van der Waals surface area contributed by atoms with Gasteiger partial charge in [0.05, 0.1) is 0 Å². The van der Waals surface area contributed by atoms with Crippen LogP contribution in [0.5, 0.6) is 0 Å². The number of alkyl halides is 1. The molecular weight excluding hydrogens is 232 g/mol. The Bertz CT molecular complexity index is 346. The summed E-state index contributed by atoms with van der Waals surface area (Å²) in [5.41, 5.74) is 0.152. The van der Waals surface area contributed by atoms with Gasteiger partial charge >= 0.3 is 0 Å². The van der Waals surface area contributed by atoms with Crippen LogP contribution >= 0.6 is 11.6 Å². The molecule has 88 valence electrons. The molecule has 0 unspecified atom stereocenters. The molecular formula is C12H14ClF2N. The van der Waals surface area contributed by atoms with Gasteiger partial charge in [0, 0.05) is 30.6 Å². The van der Waals surface area contributed by atoms with Crippen LogP contribution in [-0.2, 0) is 6.54 Å². The Hall–Kier alpha value is -0.670. The molecule has 4 heteroatoms. The Morgan fingerprint density at radius 1 is 1.25 bits per heavy atom. The van der Waals surface area contributed by atoms with E-state index < -0.39 is 11.6 Å². The summed E-state index contributed by atoms with van der Waals surface area (Å²) in [7, 11) is 0. The first-order chi connectivity index (χ1) is 7.72. The van der Waals surface area contributed by atoms with E-state index in [1.165, 1.54) is 18.2 Å². The van der Waals surface area contributed by atoms with Gasteiger partial charge in [-0.3, -0.25) is 4.90 Å². The highest BCUT2D eigenvalue weighted by Gasteiger charge is 2.29. The first-order valence-corrected chi connectivity index (χ1v) is 5.98. The van der Waals surface area contributed by atoms with E-state index in [1.54, 1.807) is 0 Å². The lowest BCUT2D eigenvalue weighted by Gasteiger charge is -2.21. The average molecular weight is 246 g/mol. The van der Waals surface area contributed by atoms with Crippen molar-refractivity contribution in [2.75, 3.05) is 12.4 Å². The van der Waals surface area contributed by atoms with Crippen LogP contribution in [0.2, 0.25) is 0 Å². The third kappa shape index (κ3) is 2.71. The zero-order chi connectivity index (χ0) is 11.5. The van der Waals surface area contributed by atoms with Gasteiger partial charge in [-0.1, -0.05) is 6.07 Å². The van der Waals surface area contributed by atoms with Crippen LogP contribution in [0.4, 0.5) is 8.78 Å². The molecule has 1 aromatic rings. The van der Waals surface area contributed by atoms with E-state index in [0.29, 0.717) is 25.0 Å². The fourth-order valence-electron chi connectivity index (χ4n) is 1.83. The summed E-state index contributed by atoms with van der Waals surface area (Å²) in [6.45, 7) is 0.996. The van der Waals surface area contributed by atoms with Gasteiger partial charge in [-0.15, -0.1) is 11.6 Å². The van der Waals surface area contributed by atoms with Crippen LogP contribution in [-0.4, -0.2) is 23.4 Å². The van der Waals surface area contributed by atoms with Crippen LogP contribution in [0.1, 0.15) is 18.4 Å². The van der Waals surface area contributed by atoms with Crippen molar-refractivity contribution >= 4 is 11.6 Å². The van der Waals surface area contributed by atoms with Crippen LogP contribution in [0.3, 0.4) is 0 Å². The summed E-state index contributed by atoms with van der Waals surface area (Å²) in [5.74, 6) is -0.451. The van der Waals surface area contributed by atoms with Gasteiger partial charge in [-0.05, 0) is 25.0 Å². The Balaban J connectivity index is 2.11. The van der Waals surface area contributed by atoms with Gasteiger partial charge in [0.1, 0.15) is 11.6 Å². The van der Waals surface area contributed by atoms with E-state index in [1.807, 2.05) is 0 Å². The smallest absolute Gasteiger partial charge is 0.130 e. The lowest BCUT2D eigenvalue weighted by molar-refractivity contribution is 0.262. The van der Waals surface area contributed by atoms with Crippen LogP contribution in [0, 0.1) is 11.6 Å². The van der Waals surface area contributed by atoms with Gasteiger partial charge in [-0.2, -0.15) is 0 Å². The number of halogens is 3. The van der Waals surface area contributed by atoms with E-state index in [4.69, 9.17) is 11.6 Å². The summed E-state index contributed by atoms with van der Waals surface area (Å²) < 4.78 is 26.9. The van der Waals surface area contributed by atoms with Crippen LogP contribution < -0.4 is 0 Å². The zero-order valence-corrected chi connectivity index (χ0v) is 9.68. The number of hydrogen-bond donors (Lipinski definition) is 0. The molecule has 1 aromatic carbocycles. The third-order valence-electron chi connectivity index (χ3n) is 2.86. The van der Waals surface area contributed by atoms with Crippen molar-refractivity contribution in [3.05, 3.63) is 35.4 Å². The number of benzene rings is 1. The van der Waals surface area contributed by atoms with Crippen molar-refractivity contribution in [1.82, 2.24) is 4.90 Å². The van der Waals surface area contributed by atoms with Gasteiger partial charge in [0.25, 0.3) is 0 Å². The summed E-state index contributed by atoms with van der Waals surface area (Å²) in [4.78, 5) is 2.05. The molecule has 0 bridgehead atoms. The fourth-order valence-corrected chi connectivity index (χ4v) is 2.04. The first-order valence-electron chi connectivity index (χ1n) is 5.45. The van der Waals surface area contributed by atoms with Crippen molar-refractivity contribution in [3.8, 4) is 0 Å². The molecule has 1 nitrogen and oxygen atoms in total. The molecule has 0 spiro atoms. The molecule has 1 aliphatic carbocycles. The second kappa shape index (κ2) is 5.11. The highest BCUT2D eigenvalue weighted by Crippen LogP contribution is 2.29. The van der Waals surface area contributed by atoms with Crippen molar-refractivity contribution in [3.63, 3.8) is 0 Å². The molecule has 16 heavy (non-hydrogen) atoms. The minimum atomic E-state index is -0.472. The molecule has 0 saturated heterocycles. The van der Waals surface area contributed by atoms with Crippen LogP contribution in [0.15, 0.2) is 18.2 Å². The molecule has 0 amide bonds. The topological polar surface area (TPSA) is 3.24 Å². The first kappa shape index (κ1) is 11.8. The summed E-state index contributed by atoms with van der Waals surface area (Å²) >= 11 is 5.68. The predicted molar refractivity (Wildman–Crippen MR) is 60.5 cm³/mol. The second-order valence-electron chi connectivity index (χ2n) is 4.09. The molecule has 0 aromatic heterocycles. The minimum absolute atomic E-state index is 0.152. The van der Waals surface area contributed by atoms with E-state index >= 15 is 0 Å². The van der Waals surface area contributed by atoms with Gasteiger partial charge in [0.2, 0.25) is 0 Å². The average Bonchev–Trinajstić information content (AvgIpc) is 3.06. The Labute approximate surface area is 99.0 Å². The van der Waals surface area contributed by atoms with E-state index in [9.17, 15) is 8.78 Å². The van der Waals surface area contributed by atoms with Gasteiger partial charge < -0.3 is 0 Å². The Morgan fingerprint density at radius 2 is 1.88 bits per heavy atom. The molecule has 1 fully saturated rings. The fraction of sp³-hybridized carbons (Fsp3) is 0.500. The highest BCUT2D eigenvalue weighted by atomic mass is 35.5. The predicted octanol–water partition coefficient (Wildman–Crippen LogP) is 3.17. The normalized spacial score (nSPS) is 15.8. The monoisotopic (exact) mass is 245 g/mol. The lowest BCUT2D eigenvalue weighted by Crippen LogP contribution is -2.28.